The fourth-order valence-corrected chi connectivity index (χ4v) is 7.90. The highest BCUT2D eigenvalue weighted by Crippen LogP contribution is 2.51. The van der Waals surface area contributed by atoms with Gasteiger partial charge in [0.05, 0.1) is 0 Å². The van der Waals surface area contributed by atoms with Gasteiger partial charge in [-0.1, -0.05) is 159 Å². The molecule has 0 N–H and O–H groups in total. The van der Waals surface area contributed by atoms with Crippen molar-refractivity contribution < 1.29 is 0 Å². The highest BCUT2D eigenvalue weighted by Gasteiger charge is 2.35. The number of rotatable bonds is 3. The van der Waals surface area contributed by atoms with Crippen molar-refractivity contribution in [1.29, 1.82) is 0 Å². The summed E-state index contributed by atoms with van der Waals surface area (Å²) >= 11 is 0. The second kappa shape index (κ2) is 9.78. The van der Waals surface area contributed by atoms with Gasteiger partial charge in [-0.15, -0.1) is 0 Å². The summed E-state index contributed by atoms with van der Waals surface area (Å²) in [6, 6.07) is 58.4. The molecule has 0 fully saturated rings. The van der Waals surface area contributed by atoms with Gasteiger partial charge in [0.15, 0.2) is 0 Å². The monoisotopic (exact) mass is 572 g/mol. The number of hydrogen-bond acceptors (Lipinski definition) is 0. The highest BCUT2D eigenvalue weighted by atomic mass is 14.4. The molecule has 0 bridgehead atoms. The fraction of sp³-hybridized carbons (Fsp3) is 0.0667. The molecule has 0 heteroatoms. The maximum Gasteiger partial charge on any atom is 0.0159 e. The summed E-state index contributed by atoms with van der Waals surface area (Å²) in [5, 5.41) is 7.64. The standard InChI is InChI=1S/C45H32/c1-45(2)41-22-12-11-16-34(41)35-26-25-31(28-42(35)45)33-15-5-6-17-36(33)44-39-20-9-7-18-37(39)43(38-19-8-10-21-40(38)44)32-24-23-29-13-3-4-14-30(29)27-32/h3-28H,1-2H3. The smallest absolute Gasteiger partial charge is 0.0159 e. The molecule has 9 rings (SSSR count). The third-order valence-electron chi connectivity index (χ3n) is 10.1. The van der Waals surface area contributed by atoms with Gasteiger partial charge in [-0.05, 0) is 100 Å². The maximum atomic E-state index is 2.45. The Labute approximate surface area is 264 Å². The third kappa shape index (κ3) is 3.85. The lowest BCUT2D eigenvalue weighted by Crippen LogP contribution is -2.14. The van der Waals surface area contributed by atoms with Crippen LogP contribution in [0, 0.1) is 0 Å². The normalized spacial score (nSPS) is 13.3. The molecule has 0 nitrogen and oxygen atoms in total. The maximum absolute atomic E-state index is 2.45. The van der Waals surface area contributed by atoms with E-state index in [1.807, 2.05) is 0 Å². The molecule has 0 spiro atoms. The summed E-state index contributed by atoms with van der Waals surface area (Å²) in [5.41, 5.74) is 13.1. The Morgan fingerprint density at radius 3 is 1.56 bits per heavy atom. The Bertz CT molecular complexity index is 2400. The van der Waals surface area contributed by atoms with E-state index in [1.54, 1.807) is 0 Å². The van der Waals surface area contributed by atoms with E-state index < -0.39 is 0 Å². The molecular formula is C45H32. The predicted octanol–water partition coefficient (Wildman–Crippen LogP) is 12.5. The summed E-state index contributed by atoms with van der Waals surface area (Å²) in [5.74, 6) is 0. The molecule has 0 atom stereocenters. The first-order chi connectivity index (χ1) is 22.1. The minimum atomic E-state index is -0.0439. The molecule has 0 saturated carbocycles. The van der Waals surface area contributed by atoms with Gasteiger partial charge < -0.3 is 0 Å². The predicted molar refractivity (Wildman–Crippen MR) is 193 cm³/mol. The molecule has 8 aromatic carbocycles. The average Bonchev–Trinajstić information content (AvgIpc) is 3.32. The zero-order valence-electron chi connectivity index (χ0n) is 25.5. The van der Waals surface area contributed by atoms with E-state index in [-0.39, 0.29) is 5.41 Å². The second-order valence-corrected chi connectivity index (χ2v) is 12.9. The van der Waals surface area contributed by atoms with Crippen LogP contribution in [0.25, 0.3) is 76.8 Å². The van der Waals surface area contributed by atoms with Gasteiger partial charge in [0.25, 0.3) is 0 Å². The van der Waals surface area contributed by atoms with Crippen LogP contribution in [0.15, 0.2) is 158 Å². The summed E-state index contributed by atoms with van der Waals surface area (Å²) in [6.07, 6.45) is 0. The fourth-order valence-electron chi connectivity index (χ4n) is 7.90. The van der Waals surface area contributed by atoms with E-state index in [0.29, 0.717) is 0 Å². The Hall–Kier alpha value is -5.46. The Morgan fingerprint density at radius 1 is 0.333 bits per heavy atom. The van der Waals surface area contributed by atoms with Gasteiger partial charge in [-0.3, -0.25) is 0 Å². The minimum Gasteiger partial charge on any atom is -0.0619 e. The van der Waals surface area contributed by atoms with Crippen molar-refractivity contribution in [2.24, 2.45) is 0 Å². The lowest BCUT2D eigenvalue weighted by molar-refractivity contribution is 0.660. The van der Waals surface area contributed by atoms with Crippen LogP contribution in [0.2, 0.25) is 0 Å². The Morgan fingerprint density at radius 2 is 0.844 bits per heavy atom. The molecule has 212 valence electrons. The topological polar surface area (TPSA) is 0 Å². The van der Waals surface area contributed by atoms with Crippen molar-refractivity contribution in [2.45, 2.75) is 19.3 Å². The summed E-state index contributed by atoms with van der Waals surface area (Å²) in [4.78, 5) is 0. The molecule has 8 aromatic rings. The molecule has 45 heavy (non-hydrogen) atoms. The molecule has 0 aromatic heterocycles. The highest BCUT2D eigenvalue weighted by molar-refractivity contribution is 6.22. The van der Waals surface area contributed by atoms with Gasteiger partial charge >= 0.3 is 0 Å². The molecule has 0 radical (unpaired) electrons. The molecule has 0 saturated heterocycles. The van der Waals surface area contributed by atoms with Crippen LogP contribution in [0.3, 0.4) is 0 Å². The molecule has 1 aliphatic rings. The largest absolute Gasteiger partial charge is 0.0619 e. The van der Waals surface area contributed by atoms with Crippen molar-refractivity contribution >= 4 is 32.3 Å². The number of hydrogen-bond donors (Lipinski definition) is 0. The van der Waals surface area contributed by atoms with Crippen molar-refractivity contribution in [1.82, 2.24) is 0 Å². The van der Waals surface area contributed by atoms with Crippen molar-refractivity contribution in [3.63, 3.8) is 0 Å². The number of benzene rings is 8. The molecule has 0 amide bonds. The van der Waals surface area contributed by atoms with Gasteiger partial charge in [-0.2, -0.15) is 0 Å². The summed E-state index contributed by atoms with van der Waals surface area (Å²) in [6.45, 7) is 4.72. The zero-order valence-corrected chi connectivity index (χ0v) is 25.5. The first kappa shape index (κ1) is 26.0. The molecule has 0 unspecified atom stereocenters. The van der Waals surface area contributed by atoms with Gasteiger partial charge in [-0.25, -0.2) is 0 Å². The van der Waals surface area contributed by atoms with E-state index >= 15 is 0 Å². The van der Waals surface area contributed by atoms with E-state index in [2.05, 4.69) is 172 Å². The molecule has 0 heterocycles. The van der Waals surface area contributed by atoms with E-state index in [9.17, 15) is 0 Å². The Kier molecular flexibility index (Phi) is 5.64. The summed E-state index contributed by atoms with van der Waals surface area (Å²) < 4.78 is 0. The quantitative estimate of drug-likeness (QED) is 0.185. The minimum absolute atomic E-state index is 0.0439. The molecule has 1 aliphatic carbocycles. The van der Waals surface area contributed by atoms with Gasteiger partial charge in [0, 0.05) is 5.41 Å². The lowest BCUT2D eigenvalue weighted by Gasteiger charge is -2.23. The van der Waals surface area contributed by atoms with Crippen LogP contribution in [-0.4, -0.2) is 0 Å². The Balaban J connectivity index is 1.31. The van der Waals surface area contributed by atoms with Crippen LogP contribution in [0.1, 0.15) is 25.0 Å². The van der Waals surface area contributed by atoms with E-state index in [0.717, 1.165) is 0 Å². The SMILES string of the molecule is CC1(C)c2ccccc2-c2ccc(-c3ccccc3-c3c4ccccc4c(-c4ccc5ccccc5c4)c4ccccc34)cc21. The van der Waals surface area contributed by atoms with Crippen molar-refractivity contribution in [2.75, 3.05) is 0 Å². The second-order valence-electron chi connectivity index (χ2n) is 12.9. The van der Waals surface area contributed by atoms with Gasteiger partial charge in [0.2, 0.25) is 0 Å². The van der Waals surface area contributed by atoms with Crippen LogP contribution in [-0.2, 0) is 5.41 Å². The van der Waals surface area contributed by atoms with Gasteiger partial charge in [0.1, 0.15) is 0 Å². The first-order valence-electron chi connectivity index (χ1n) is 15.9. The van der Waals surface area contributed by atoms with E-state index in [4.69, 9.17) is 0 Å². The first-order valence-corrected chi connectivity index (χ1v) is 15.9. The van der Waals surface area contributed by atoms with Crippen LogP contribution in [0.4, 0.5) is 0 Å². The van der Waals surface area contributed by atoms with Crippen LogP contribution >= 0.6 is 0 Å². The summed E-state index contributed by atoms with van der Waals surface area (Å²) in [7, 11) is 0. The van der Waals surface area contributed by atoms with E-state index in [1.165, 1.54) is 88.0 Å². The number of fused-ring (bicyclic) bond motifs is 6. The molecular weight excluding hydrogens is 540 g/mol. The van der Waals surface area contributed by atoms with Crippen molar-refractivity contribution in [3.05, 3.63) is 169 Å². The third-order valence-corrected chi connectivity index (χ3v) is 10.1. The van der Waals surface area contributed by atoms with Crippen LogP contribution < -0.4 is 0 Å². The van der Waals surface area contributed by atoms with Crippen LogP contribution in [0.5, 0.6) is 0 Å². The zero-order chi connectivity index (χ0) is 30.1. The van der Waals surface area contributed by atoms with Crippen molar-refractivity contribution in [3.8, 4) is 44.5 Å². The average molecular weight is 573 g/mol. The molecule has 0 aliphatic heterocycles. The lowest BCUT2D eigenvalue weighted by atomic mass is 9.80.